The Kier molecular flexibility index (Phi) is 3.74. The van der Waals surface area contributed by atoms with Crippen LogP contribution in [0.5, 0.6) is 5.75 Å². The zero-order valence-corrected chi connectivity index (χ0v) is 11.8. The maximum atomic E-state index is 12.1. The van der Waals surface area contributed by atoms with Crippen molar-refractivity contribution in [2.24, 2.45) is 0 Å². The second-order valence-electron chi connectivity index (χ2n) is 5.00. The van der Waals surface area contributed by atoms with Crippen LogP contribution in [0.1, 0.15) is 22.3 Å². The van der Waals surface area contributed by atoms with E-state index < -0.39 is 5.63 Å². The second-order valence-corrected chi connectivity index (χ2v) is 5.00. The van der Waals surface area contributed by atoms with E-state index in [4.69, 9.17) is 4.42 Å². The Morgan fingerprint density at radius 3 is 2.45 bits per heavy atom. The van der Waals surface area contributed by atoms with E-state index in [1.165, 1.54) is 0 Å². The number of fused-ring (bicyclic) bond motifs is 1. The van der Waals surface area contributed by atoms with Gasteiger partial charge >= 0.3 is 5.63 Å². The summed E-state index contributed by atoms with van der Waals surface area (Å²) in [7, 11) is 0. The molecule has 0 fully saturated rings. The summed E-state index contributed by atoms with van der Waals surface area (Å²) in [6.45, 7) is 0. The summed E-state index contributed by atoms with van der Waals surface area (Å²) in [6.07, 6.45) is 0.285. The number of aromatic hydroxyl groups is 1. The maximum Gasteiger partial charge on any atom is 0.343 e. The molecule has 22 heavy (non-hydrogen) atoms. The van der Waals surface area contributed by atoms with Crippen molar-refractivity contribution in [1.29, 1.82) is 0 Å². The average Bonchev–Trinajstić information content (AvgIpc) is 2.55. The Labute approximate surface area is 126 Å². The molecular formula is C18H14O4. The maximum absolute atomic E-state index is 12.1. The molecule has 0 saturated carbocycles. The predicted octanol–water partition coefficient (Wildman–Crippen LogP) is 3.31. The molecule has 0 aliphatic carbocycles. The molecule has 2 aromatic carbocycles. The fourth-order valence-corrected chi connectivity index (χ4v) is 2.40. The first kappa shape index (κ1) is 14.1. The third kappa shape index (κ3) is 2.63. The molecule has 0 saturated heterocycles. The van der Waals surface area contributed by atoms with Gasteiger partial charge in [-0.05, 0) is 18.6 Å². The van der Waals surface area contributed by atoms with Crippen molar-refractivity contribution in [3.8, 4) is 5.75 Å². The van der Waals surface area contributed by atoms with Gasteiger partial charge in [-0.2, -0.15) is 0 Å². The smallest absolute Gasteiger partial charge is 0.343 e. The molecule has 0 amide bonds. The number of hydrogen-bond donors (Lipinski definition) is 1. The number of Topliss-reactive ketones (excluding diaryl/α,β-unsaturated/α-hetero) is 1. The summed E-state index contributed by atoms with van der Waals surface area (Å²) < 4.78 is 5.18. The highest BCUT2D eigenvalue weighted by atomic mass is 16.4. The first-order valence-corrected chi connectivity index (χ1v) is 6.99. The van der Waals surface area contributed by atoms with E-state index in [0.717, 1.165) is 0 Å². The molecule has 0 aliphatic heterocycles. The Morgan fingerprint density at radius 1 is 1.00 bits per heavy atom. The number of hydrogen-bond acceptors (Lipinski definition) is 4. The molecular weight excluding hydrogens is 280 g/mol. The van der Waals surface area contributed by atoms with Crippen LogP contribution in [0.4, 0.5) is 0 Å². The highest BCUT2D eigenvalue weighted by Crippen LogP contribution is 2.26. The van der Waals surface area contributed by atoms with Crippen molar-refractivity contribution < 1.29 is 14.3 Å². The zero-order valence-electron chi connectivity index (χ0n) is 11.8. The number of rotatable bonds is 4. The van der Waals surface area contributed by atoms with Gasteiger partial charge in [0.05, 0.1) is 10.9 Å². The van der Waals surface area contributed by atoms with Gasteiger partial charge in [0.2, 0.25) is 0 Å². The molecule has 4 nitrogen and oxygen atoms in total. The van der Waals surface area contributed by atoms with Gasteiger partial charge in [0.1, 0.15) is 11.3 Å². The third-order valence-electron chi connectivity index (χ3n) is 3.57. The van der Waals surface area contributed by atoms with E-state index in [1.54, 1.807) is 48.5 Å². The predicted molar refractivity (Wildman–Crippen MR) is 83.2 cm³/mol. The Hall–Kier alpha value is -2.88. The van der Waals surface area contributed by atoms with Crippen molar-refractivity contribution in [2.45, 2.75) is 12.8 Å². The average molecular weight is 294 g/mol. The third-order valence-corrected chi connectivity index (χ3v) is 3.57. The lowest BCUT2D eigenvalue weighted by atomic mass is 10.0. The lowest BCUT2D eigenvalue weighted by Crippen LogP contribution is -2.10. The SMILES string of the molecule is O=C(CCc1c(O)c2ccccc2oc1=O)c1ccccc1. The van der Waals surface area contributed by atoms with Crippen LogP contribution >= 0.6 is 0 Å². The van der Waals surface area contributed by atoms with Crippen LogP contribution in [-0.4, -0.2) is 10.9 Å². The van der Waals surface area contributed by atoms with Crippen LogP contribution in [0.3, 0.4) is 0 Å². The molecule has 1 aromatic heterocycles. The summed E-state index contributed by atoms with van der Waals surface area (Å²) in [5, 5.41) is 10.7. The highest BCUT2D eigenvalue weighted by molar-refractivity contribution is 5.96. The quantitative estimate of drug-likeness (QED) is 0.592. The Bertz CT molecular complexity index is 878. The molecule has 3 aromatic rings. The summed E-state index contributed by atoms with van der Waals surface area (Å²) >= 11 is 0. The second kappa shape index (κ2) is 5.85. The van der Waals surface area contributed by atoms with Crippen LogP contribution in [0.2, 0.25) is 0 Å². The van der Waals surface area contributed by atoms with Crippen LogP contribution in [0, 0.1) is 0 Å². The molecule has 1 N–H and O–H groups in total. The molecule has 110 valence electrons. The van der Waals surface area contributed by atoms with Crippen LogP contribution in [-0.2, 0) is 6.42 Å². The summed E-state index contributed by atoms with van der Waals surface area (Å²) in [4.78, 5) is 24.1. The lowest BCUT2D eigenvalue weighted by Gasteiger charge is -2.06. The number of benzene rings is 2. The van der Waals surface area contributed by atoms with E-state index in [9.17, 15) is 14.7 Å². The van der Waals surface area contributed by atoms with Gasteiger partial charge in [-0.15, -0.1) is 0 Å². The zero-order chi connectivity index (χ0) is 15.5. The molecule has 4 heteroatoms. The van der Waals surface area contributed by atoms with E-state index in [2.05, 4.69) is 0 Å². The van der Waals surface area contributed by atoms with Gasteiger partial charge in [-0.25, -0.2) is 4.79 Å². The monoisotopic (exact) mass is 294 g/mol. The fraction of sp³-hybridized carbons (Fsp3) is 0.111. The van der Waals surface area contributed by atoms with E-state index >= 15 is 0 Å². The van der Waals surface area contributed by atoms with Crippen LogP contribution in [0.25, 0.3) is 11.0 Å². The van der Waals surface area contributed by atoms with E-state index in [1.807, 2.05) is 6.07 Å². The van der Waals surface area contributed by atoms with Crippen LogP contribution < -0.4 is 5.63 Å². The van der Waals surface area contributed by atoms with Crippen molar-refractivity contribution in [2.75, 3.05) is 0 Å². The topological polar surface area (TPSA) is 67.5 Å². The van der Waals surface area contributed by atoms with E-state index in [0.29, 0.717) is 16.5 Å². The molecule has 0 radical (unpaired) electrons. The molecule has 0 unspecified atom stereocenters. The van der Waals surface area contributed by atoms with Crippen molar-refractivity contribution in [3.05, 3.63) is 76.1 Å². The standard InChI is InChI=1S/C18H14O4/c19-15(12-6-2-1-3-7-12)11-10-14-17(20)13-8-4-5-9-16(13)22-18(14)21/h1-9,20H,10-11H2. The molecule has 1 heterocycles. The highest BCUT2D eigenvalue weighted by Gasteiger charge is 2.15. The van der Waals surface area contributed by atoms with Gasteiger partial charge in [-0.3, -0.25) is 4.79 Å². The molecule has 0 atom stereocenters. The minimum absolute atomic E-state index is 0.0763. The number of ketones is 1. The largest absolute Gasteiger partial charge is 0.507 e. The lowest BCUT2D eigenvalue weighted by molar-refractivity contribution is 0.0982. The first-order chi connectivity index (χ1) is 10.7. The van der Waals surface area contributed by atoms with Crippen LogP contribution in [0.15, 0.2) is 63.8 Å². The number of carbonyl (C=O) groups is 1. The Balaban J connectivity index is 1.88. The van der Waals surface area contributed by atoms with Gasteiger partial charge < -0.3 is 9.52 Å². The summed E-state index contributed by atoms with van der Waals surface area (Å²) in [6, 6.07) is 15.6. The minimum atomic E-state index is -0.600. The molecule has 3 rings (SSSR count). The fourth-order valence-electron chi connectivity index (χ4n) is 2.40. The number of carbonyl (C=O) groups excluding carboxylic acids is 1. The summed E-state index contributed by atoms with van der Waals surface area (Å²) in [5.41, 5.74) is 0.468. The van der Waals surface area contributed by atoms with Crippen molar-refractivity contribution >= 4 is 16.8 Å². The Morgan fingerprint density at radius 2 is 1.68 bits per heavy atom. The molecule has 0 aliphatic rings. The van der Waals surface area contributed by atoms with E-state index in [-0.39, 0.29) is 29.9 Å². The van der Waals surface area contributed by atoms with Crippen molar-refractivity contribution in [1.82, 2.24) is 0 Å². The van der Waals surface area contributed by atoms with Crippen molar-refractivity contribution in [3.63, 3.8) is 0 Å². The van der Waals surface area contributed by atoms with Gasteiger partial charge in [0.25, 0.3) is 0 Å². The summed E-state index contributed by atoms with van der Waals surface area (Å²) in [5.74, 6) is -0.180. The molecule has 0 spiro atoms. The van der Waals surface area contributed by atoms with Gasteiger partial charge in [0.15, 0.2) is 5.78 Å². The normalized spacial score (nSPS) is 10.7. The number of para-hydroxylation sites is 1. The van der Waals surface area contributed by atoms with Gasteiger partial charge in [0, 0.05) is 12.0 Å². The first-order valence-electron chi connectivity index (χ1n) is 6.99. The minimum Gasteiger partial charge on any atom is -0.507 e. The van der Waals surface area contributed by atoms with Gasteiger partial charge in [-0.1, -0.05) is 42.5 Å². The molecule has 0 bridgehead atoms.